The van der Waals surface area contributed by atoms with E-state index in [1.54, 1.807) is 0 Å². The average molecular weight is 288 g/mol. The summed E-state index contributed by atoms with van der Waals surface area (Å²) in [5, 5.41) is 7.43. The van der Waals surface area contributed by atoms with Gasteiger partial charge in [-0.3, -0.25) is 4.57 Å². The van der Waals surface area contributed by atoms with E-state index in [9.17, 15) is 0 Å². The predicted octanol–water partition coefficient (Wildman–Crippen LogP) is 3.70. The van der Waals surface area contributed by atoms with Gasteiger partial charge in [0.25, 0.3) is 0 Å². The molecule has 20 heavy (non-hydrogen) atoms. The first-order valence-electron chi connectivity index (χ1n) is 7.30. The largest absolute Gasteiger partial charge is 0.338 e. The van der Waals surface area contributed by atoms with Crippen LogP contribution in [0.25, 0.3) is 5.69 Å². The Morgan fingerprint density at radius 1 is 1.30 bits per heavy atom. The van der Waals surface area contributed by atoms with Crippen molar-refractivity contribution in [2.75, 3.05) is 11.4 Å². The fraction of sp³-hybridized carbons (Fsp3) is 0.467. The van der Waals surface area contributed by atoms with Crippen LogP contribution in [-0.2, 0) is 0 Å². The molecule has 1 aliphatic carbocycles. The van der Waals surface area contributed by atoms with Crippen LogP contribution in [0.15, 0.2) is 30.3 Å². The Hall–Kier alpha value is -1.62. The Labute approximate surface area is 124 Å². The summed E-state index contributed by atoms with van der Waals surface area (Å²) in [6.45, 7) is 3.14. The molecule has 0 atom stereocenters. The highest BCUT2D eigenvalue weighted by molar-refractivity contribution is 7.71. The molecule has 1 fully saturated rings. The molecule has 1 aromatic carbocycles. The molecule has 0 spiro atoms. The molecular formula is C15H20N4S. The molecule has 1 aromatic heterocycles. The van der Waals surface area contributed by atoms with E-state index in [4.69, 9.17) is 12.2 Å². The van der Waals surface area contributed by atoms with Gasteiger partial charge in [-0.1, -0.05) is 31.0 Å². The number of hydrogen-bond acceptors (Lipinski definition) is 3. The van der Waals surface area contributed by atoms with Crippen LogP contribution in [-0.4, -0.2) is 27.4 Å². The van der Waals surface area contributed by atoms with Crippen LogP contribution in [0.4, 0.5) is 5.95 Å². The number of H-pyrrole nitrogens is 1. The third kappa shape index (κ3) is 2.38. The monoisotopic (exact) mass is 288 g/mol. The number of aromatic amines is 1. The Bertz CT molecular complexity index is 610. The van der Waals surface area contributed by atoms with Gasteiger partial charge in [-0.05, 0) is 44.1 Å². The minimum absolute atomic E-state index is 0.590. The van der Waals surface area contributed by atoms with Gasteiger partial charge < -0.3 is 4.90 Å². The Morgan fingerprint density at radius 2 is 2.00 bits per heavy atom. The first-order valence-corrected chi connectivity index (χ1v) is 7.71. The zero-order valence-corrected chi connectivity index (χ0v) is 12.6. The fourth-order valence-electron chi connectivity index (χ4n) is 3.07. The highest BCUT2D eigenvalue weighted by atomic mass is 32.1. The number of benzene rings is 1. The molecule has 4 nitrogen and oxygen atoms in total. The van der Waals surface area contributed by atoms with E-state index in [0.29, 0.717) is 10.8 Å². The van der Waals surface area contributed by atoms with Crippen molar-refractivity contribution in [2.24, 2.45) is 0 Å². The molecule has 0 unspecified atom stereocenters. The van der Waals surface area contributed by atoms with Crippen LogP contribution in [0.5, 0.6) is 0 Å². The predicted molar refractivity (Wildman–Crippen MR) is 84.0 cm³/mol. The van der Waals surface area contributed by atoms with Gasteiger partial charge in [0, 0.05) is 12.6 Å². The number of hydrogen-bond donors (Lipinski definition) is 1. The Balaban J connectivity index is 2.03. The van der Waals surface area contributed by atoms with Gasteiger partial charge in [0.1, 0.15) is 0 Å². The minimum atomic E-state index is 0.590. The smallest absolute Gasteiger partial charge is 0.230 e. The molecule has 2 aromatic rings. The molecule has 106 valence electrons. The summed E-state index contributed by atoms with van der Waals surface area (Å²) >= 11 is 5.41. The molecule has 1 saturated carbocycles. The molecule has 0 amide bonds. The summed E-state index contributed by atoms with van der Waals surface area (Å²) in [5.74, 6) is 0.940. The molecule has 3 rings (SSSR count). The molecule has 1 N–H and O–H groups in total. The maximum Gasteiger partial charge on any atom is 0.230 e. The third-order valence-corrected chi connectivity index (χ3v) is 4.31. The lowest BCUT2D eigenvalue weighted by Gasteiger charge is -2.28. The van der Waals surface area contributed by atoms with Crippen molar-refractivity contribution in [1.82, 2.24) is 14.8 Å². The standard InChI is InChI=1S/C15H20N4S/c1-2-18(12-8-6-7-9-12)14-16-17-15(20)19(14)13-10-4-3-5-11-13/h3-5,10-12H,2,6-9H2,1H3,(H,17,20). The molecule has 0 bridgehead atoms. The van der Waals surface area contributed by atoms with Gasteiger partial charge in [0.15, 0.2) is 0 Å². The first-order chi connectivity index (χ1) is 9.81. The fourth-order valence-corrected chi connectivity index (χ4v) is 3.30. The van der Waals surface area contributed by atoms with Crippen LogP contribution in [0, 0.1) is 4.77 Å². The van der Waals surface area contributed by atoms with E-state index in [1.807, 2.05) is 22.8 Å². The van der Waals surface area contributed by atoms with E-state index in [2.05, 4.69) is 34.2 Å². The summed E-state index contributed by atoms with van der Waals surface area (Å²) in [6, 6.07) is 10.8. The lowest BCUT2D eigenvalue weighted by molar-refractivity contribution is 0.600. The zero-order valence-electron chi connectivity index (χ0n) is 11.7. The van der Waals surface area contributed by atoms with Gasteiger partial charge >= 0.3 is 0 Å². The summed E-state index contributed by atoms with van der Waals surface area (Å²) in [5.41, 5.74) is 1.07. The molecule has 1 heterocycles. The summed E-state index contributed by atoms with van der Waals surface area (Å²) in [7, 11) is 0. The number of para-hydroxylation sites is 1. The van der Waals surface area contributed by atoms with Crippen molar-refractivity contribution in [3.8, 4) is 5.69 Å². The van der Waals surface area contributed by atoms with E-state index >= 15 is 0 Å². The average Bonchev–Trinajstić information content (AvgIpc) is 3.12. The minimum Gasteiger partial charge on any atom is -0.338 e. The molecule has 0 radical (unpaired) electrons. The van der Waals surface area contributed by atoms with Crippen molar-refractivity contribution >= 4 is 18.2 Å². The lowest BCUT2D eigenvalue weighted by Crippen LogP contribution is -2.35. The molecule has 0 saturated heterocycles. The normalized spacial score (nSPS) is 15.7. The molecule has 0 aliphatic heterocycles. The number of rotatable bonds is 4. The highest BCUT2D eigenvalue weighted by Crippen LogP contribution is 2.28. The third-order valence-electron chi connectivity index (χ3n) is 4.03. The van der Waals surface area contributed by atoms with Gasteiger partial charge in [0.05, 0.1) is 5.69 Å². The van der Waals surface area contributed by atoms with E-state index < -0.39 is 0 Å². The maximum absolute atomic E-state index is 5.41. The molecular weight excluding hydrogens is 268 g/mol. The summed E-state index contributed by atoms with van der Waals surface area (Å²) in [4.78, 5) is 2.38. The lowest BCUT2D eigenvalue weighted by atomic mass is 10.2. The number of nitrogens with zero attached hydrogens (tertiary/aromatic N) is 3. The van der Waals surface area contributed by atoms with Gasteiger partial charge in [-0.15, -0.1) is 5.10 Å². The first kappa shape index (κ1) is 13.4. The Morgan fingerprint density at radius 3 is 2.65 bits per heavy atom. The van der Waals surface area contributed by atoms with Crippen LogP contribution < -0.4 is 4.90 Å². The molecule has 5 heteroatoms. The second-order valence-electron chi connectivity index (χ2n) is 5.22. The van der Waals surface area contributed by atoms with Gasteiger partial charge in [0.2, 0.25) is 10.7 Å². The van der Waals surface area contributed by atoms with Crippen molar-refractivity contribution in [3.05, 3.63) is 35.1 Å². The van der Waals surface area contributed by atoms with Crippen molar-refractivity contribution in [2.45, 2.75) is 38.6 Å². The SMILES string of the molecule is CCN(c1n[nH]c(=S)n1-c1ccccc1)C1CCCC1. The Kier molecular flexibility index (Phi) is 3.87. The summed E-state index contributed by atoms with van der Waals surface area (Å²) in [6.07, 6.45) is 5.14. The van der Waals surface area contributed by atoms with Gasteiger partial charge in [-0.2, -0.15) is 0 Å². The number of anilines is 1. The number of aromatic nitrogens is 3. The van der Waals surface area contributed by atoms with Crippen LogP contribution >= 0.6 is 12.2 Å². The van der Waals surface area contributed by atoms with E-state index in [1.165, 1.54) is 25.7 Å². The van der Waals surface area contributed by atoms with Crippen molar-refractivity contribution < 1.29 is 0 Å². The van der Waals surface area contributed by atoms with Crippen LogP contribution in [0.3, 0.4) is 0 Å². The molecule has 1 aliphatic rings. The van der Waals surface area contributed by atoms with E-state index in [0.717, 1.165) is 18.2 Å². The maximum atomic E-state index is 5.41. The van der Waals surface area contributed by atoms with Crippen LogP contribution in [0.1, 0.15) is 32.6 Å². The van der Waals surface area contributed by atoms with Crippen molar-refractivity contribution in [3.63, 3.8) is 0 Å². The number of nitrogens with one attached hydrogen (secondary N) is 1. The topological polar surface area (TPSA) is 36.9 Å². The second-order valence-corrected chi connectivity index (χ2v) is 5.61. The van der Waals surface area contributed by atoms with Gasteiger partial charge in [-0.25, -0.2) is 5.10 Å². The van der Waals surface area contributed by atoms with E-state index in [-0.39, 0.29) is 0 Å². The van der Waals surface area contributed by atoms with Crippen LogP contribution in [0.2, 0.25) is 0 Å². The quantitative estimate of drug-likeness (QED) is 0.872. The second kappa shape index (κ2) is 5.79. The van der Waals surface area contributed by atoms with Crippen molar-refractivity contribution in [1.29, 1.82) is 0 Å². The summed E-state index contributed by atoms with van der Waals surface area (Å²) < 4.78 is 2.69. The zero-order chi connectivity index (χ0) is 13.9. The highest BCUT2D eigenvalue weighted by Gasteiger charge is 2.25.